The van der Waals surface area contributed by atoms with Gasteiger partial charge < -0.3 is 10.7 Å². The molecule has 0 saturated heterocycles. The summed E-state index contributed by atoms with van der Waals surface area (Å²) in [4.78, 5) is 12.3. The molecule has 0 radical (unpaired) electrons. The summed E-state index contributed by atoms with van der Waals surface area (Å²) in [7, 11) is 0. The first-order chi connectivity index (χ1) is 16.9. The van der Waals surface area contributed by atoms with Crippen molar-refractivity contribution in [2.75, 3.05) is 6.54 Å². The maximum atomic E-state index is 15.4. The molecule has 0 fully saturated rings. The minimum Gasteiger partial charge on any atom is -0.336 e. The van der Waals surface area contributed by atoms with Crippen LogP contribution in [-0.4, -0.2) is 42.2 Å². The van der Waals surface area contributed by atoms with Crippen LogP contribution in [0, 0.1) is 17.0 Å². The van der Waals surface area contributed by atoms with Gasteiger partial charge in [-0.15, -0.1) is 0 Å². The van der Waals surface area contributed by atoms with Crippen molar-refractivity contribution in [2.45, 2.75) is 51.5 Å². The van der Waals surface area contributed by atoms with Gasteiger partial charge in [0.25, 0.3) is 0 Å². The van der Waals surface area contributed by atoms with E-state index in [4.69, 9.17) is 5.41 Å². The first kappa shape index (κ1) is 27.3. The van der Waals surface area contributed by atoms with Crippen LogP contribution in [0.4, 0.5) is 22.0 Å². The molecule has 1 heterocycles. The van der Waals surface area contributed by atoms with E-state index in [9.17, 15) is 18.0 Å². The largest absolute Gasteiger partial charge is 0.336 e. The Bertz CT molecular complexity index is 1160. The second-order valence-electron chi connectivity index (χ2n) is 9.37. The third-order valence-corrected chi connectivity index (χ3v) is 6.00. The minimum absolute atomic E-state index is 0.0876. The summed E-state index contributed by atoms with van der Waals surface area (Å²) < 4.78 is 70.8. The highest BCUT2D eigenvalue weighted by atomic mass is 19.3. The van der Waals surface area contributed by atoms with Crippen LogP contribution in [-0.2, 0) is 11.2 Å². The Kier molecular flexibility index (Phi) is 8.45. The van der Waals surface area contributed by atoms with Gasteiger partial charge in [0.2, 0.25) is 0 Å². The molecular formula is C27H28F5N3O. The Labute approximate surface area is 207 Å². The van der Waals surface area contributed by atoms with Crippen molar-refractivity contribution < 1.29 is 26.7 Å². The van der Waals surface area contributed by atoms with Crippen LogP contribution in [0.3, 0.4) is 0 Å². The number of halogens is 5. The maximum Gasteiger partial charge on any atom is 0.312 e. The van der Waals surface area contributed by atoms with Gasteiger partial charge in [-0.1, -0.05) is 24.3 Å². The fourth-order valence-electron chi connectivity index (χ4n) is 4.57. The molecule has 4 nitrogen and oxygen atoms in total. The second-order valence-corrected chi connectivity index (χ2v) is 9.37. The quantitative estimate of drug-likeness (QED) is 0.143. The molecule has 192 valence electrons. The van der Waals surface area contributed by atoms with E-state index in [1.165, 1.54) is 19.9 Å². The number of carbonyl (C=O) groups excluding carboxylic acids is 1. The van der Waals surface area contributed by atoms with Crippen LogP contribution in [0.5, 0.6) is 0 Å². The van der Waals surface area contributed by atoms with Crippen molar-refractivity contribution in [2.24, 2.45) is 0 Å². The number of hydrogen-bond acceptors (Lipinski definition) is 4. The van der Waals surface area contributed by atoms with E-state index < -0.39 is 29.9 Å². The number of benzene rings is 2. The monoisotopic (exact) mass is 505 g/mol. The molecule has 3 rings (SSSR count). The molecule has 2 N–H and O–H groups in total. The minimum atomic E-state index is -2.80. The summed E-state index contributed by atoms with van der Waals surface area (Å²) in [6, 6.07) is 5.90. The summed E-state index contributed by atoms with van der Waals surface area (Å²) in [5.74, 6) is -1.67. The van der Waals surface area contributed by atoms with Gasteiger partial charge in [0.05, 0.1) is 6.04 Å². The summed E-state index contributed by atoms with van der Waals surface area (Å²) in [5, 5.41) is 9.46. The predicted octanol–water partition coefficient (Wildman–Crippen LogP) is 6.06. The molecule has 1 aliphatic heterocycles. The zero-order chi connectivity index (χ0) is 26.6. The van der Waals surface area contributed by atoms with Crippen LogP contribution in [0.25, 0.3) is 11.6 Å². The lowest BCUT2D eigenvalue weighted by Crippen LogP contribution is -2.48. The number of carbonyl (C=O) groups is 1. The summed E-state index contributed by atoms with van der Waals surface area (Å²) in [6.07, 6.45) is 5.30. The number of rotatable bonds is 9. The van der Waals surface area contributed by atoms with Crippen molar-refractivity contribution in [3.63, 3.8) is 0 Å². The molecule has 2 atom stereocenters. The Balaban J connectivity index is 2.18. The van der Waals surface area contributed by atoms with Crippen LogP contribution >= 0.6 is 0 Å². The Morgan fingerprint density at radius 3 is 2.44 bits per heavy atom. The molecule has 9 heteroatoms. The highest BCUT2D eigenvalue weighted by Gasteiger charge is 2.39. The van der Waals surface area contributed by atoms with Gasteiger partial charge >= 0.3 is 6.55 Å². The van der Waals surface area contributed by atoms with Crippen LogP contribution in [0.2, 0.25) is 0 Å². The molecular weight excluding hydrogens is 477 g/mol. The molecule has 2 aromatic carbocycles. The van der Waals surface area contributed by atoms with E-state index in [1.54, 1.807) is 23.1 Å². The topological polar surface area (TPSA) is 56.2 Å². The normalized spacial score (nSPS) is 19.0. The van der Waals surface area contributed by atoms with Gasteiger partial charge in [-0.25, -0.2) is 13.2 Å². The van der Waals surface area contributed by atoms with Gasteiger partial charge in [-0.3, -0.25) is 9.69 Å². The SMILES string of the molecule is CC1Cc2cc(/C(C=N)=C/NC(F)F)ccc2[C@H](c2c(F)cc(/C=C/C=O)cc2F)N1CC(C)(C)F. The molecule has 0 bridgehead atoms. The fourth-order valence-corrected chi connectivity index (χ4v) is 4.57. The molecule has 0 aromatic heterocycles. The lowest BCUT2D eigenvalue weighted by Gasteiger charge is -2.44. The van der Waals surface area contributed by atoms with Crippen molar-refractivity contribution in [3.8, 4) is 0 Å². The smallest absolute Gasteiger partial charge is 0.312 e. The number of aldehydes is 1. The molecule has 36 heavy (non-hydrogen) atoms. The maximum absolute atomic E-state index is 15.4. The van der Waals surface area contributed by atoms with E-state index in [1.807, 2.05) is 12.2 Å². The average Bonchev–Trinajstić information content (AvgIpc) is 2.78. The van der Waals surface area contributed by atoms with E-state index in [0.29, 0.717) is 29.4 Å². The molecule has 1 unspecified atom stereocenters. The van der Waals surface area contributed by atoms with Crippen molar-refractivity contribution in [3.05, 3.63) is 82.1 Å². The van der Waals surface area contributed by atoms with Gasteiger partial charge in [-0.2, -0.15) is 8.78 Å². The Hall–Kier alpha value is -3.33. The molecule has 1 aliphatic rings. The predicted molar refractivity (Wildman–Crippen MR) is 131 cm³/mol. The van der Waals surface area contributed by atoms with Crippen molar-refractivity contribution >= 4 is 24.1 Å². The zero-order valence-electron chi connectivity index (χ0n) is 20.2. The molecule has 2 aromatic rings. The van der Waals surface area contributed by atoms with Crippen molar-refractivity contribution in [1.82, 2.24) is 10.2 Å². The first-order valence-corrected chi connectivity index (χ1v) is 11.4. The average molecular weight is 506 g/mol. The van der Waals surface area contributed by atoms with E-state index in [0.717, 1.165) is 30.6 Å². The lowest BCUT2D eigenvalue weighted by molar-refractivity contribution is -0.104. The summed E-state index contributed by atoms with van der Waals surface area (Å²) in [5.41, 5.74) is 0.235. The van der Waals surface area contributed by atoms with E-state index in [2.05, 4.69) is 0 Å². The Morgan fingerprint density at radius 2 is 1.89 bits per heavy atom. The Morgan fingerprint density at radius 1 is 1.22 bits per heavy atom. The van der Waals surface area contributed by atoms with Crippen LogP contribution in [0.15, 0.2) is 42.6 Å². The molecule has 0 amide bonds. The van der Waals surface area contributed by atoms with Crippen molar-refractivity contribution in [1.29, 1.82) is 5.41 Å². The number of fused-ring (bicyclic) bond motifs is 1. The summed E-state index contributed by atoms with van der Waals surface area (Å²) >= 11 is 0. The molecule has 0 spiro atoms. The van der Waals surface area contributed by atoms with Crippen LogP contribution in [0.1, 0.15) is 54.6 Å². The molecule has 0 aliphatic carbocycles. The number of hydrogen-bond donors (Lipinski definition) is 2. The van der Waals surface area contributed by atoms with Gasteiger partial charge in [0, 0.05) is 36.1 Å². The second kappa shape index (κ2) is 11.2. The third kappa shape index (κ3) is 6.26. The summed E-state index contributed by atoms with van der Waals surface area (Å²) in [6.45, 7) is 1.74. The van der Waals surface area contributed by atoms with E-state index in [-0.39, 0.29) is 29.3 Å². The highest BCUT2D eigenvalue weighted by Crippen LogP contribution is 2.42. The van der Waals surface area contributed by atoms with Gasteiger partial charge in [0.15, 0.2) is 0 Å². The van der Waals surface area contributed by atoms with E-state index >= 15 is 8.78 Å². The standard InChI is InChI=1S/C27H28F5N3O/c1-16-9-19-12-18(20(13-33)14-34-26(30)31)6-7-21(19)25(35(16)15-27(2,3)32)24-22(28)10-17(5-4-8-36)11-23(24)29/h4-8,10-14,16,25-26,33-34H,9,15H2,1-3H3/b5-4+,20-14+,33-13?/t16?,25-/m1/s1. The number of nitrogens with zero attached hydrogens (tertiary/aromatic N) is 1. The van der Waals surface area contributed by atoms with Gasteiger partial charge in [-0.05, 0) is 67.7 Å². The molecule has 0 saturated carbocycles. The number of alkyl halides is 3. The zero-order valence-corrected chi connectivity index (χ0v) is 20.2. The van der Waals surface area contributed by atoms with Gasteiger partial charge in [0.1, 0.15) is 23.6 Å². The first-order valence-electron chi connectivity index (χ1n) is 11.4. The van der Waals surface area contributed by atoms with Crippen LogP contribution < -0.4 is 5.32 Å². The number of allylic oxidation sites excluding steroid dienone is 2. The number of nitrogens with one attached hydrogen (secondary N) is 2. The third-order valence-electron chi connectivity index (χ3n) is 6.00. The fraction of sp³-hybridized carbons (Fsp3) is 0.333. The lowest BCUT2D eigenvalue weighted by atomic mass is 9.82. The highest BCUT2D eigenvalue weighted by molar-refractivity contribution is 6.08.